The molecule has 3 rings (SSSR count). The highest BCUT2D eigenvalue weighted by molar-refractivity contribution is 9.10. The summed E-state index contributed by atoms with van der Waals surface area (Å²) in [5, 5.41) is 0. The zero-order valence-electron chi connectivity index (χ0n) is 10.8. The van der Waals surface area contributed by atoms with Crippen molar-refractivity contribution >= 4 is 27.1 Å². The van der Waals surface area contributed by atoms with Gasteiger partial charge < -0.3 is 0 Å². The van der Waals surface area contributed by atoms with Crippen LogP contribution < -0.4 is 0 Å². The molecule has 0 aliphatic carbocycles. The highest BCUT2D eigenvalue weighted by Crippen LogP contribution is 2.26. The van der Waals surface area contributed by atoms with Crippen molar-refractivity contribution in [3.05, 3.63) is 52.9 Å². The summed E-state index contributed by atoms with van der Waals surface area (Å²) < 4.78 is 3.18. The Labute approximate surface area is 120 Å². The third-order valence-corrected chi connectivity index (χ3v) is 3.52. The molecule has 0 spiro atoms. The minimum atomic E-state index is 0.341. The van der Waals surface area contributed by atoms with Gasteiger partial charge in [-0.05, 0) is 30.3 Å². The SMILES string of the molecule is CC(C)c1nc2cccnc2n1-c1cccc(Br)c1. The quantitative estimate of drug-likeness (QED) is 0.705. The maximum Gasteiger partial charge on any atom is 0.164 e. The molecule has 0 saturated heterocycles. The maximum absolute atomic E-state index is 4.70. The summed E-state index contributed by atoms with van der Waals surface area (Å²) in [6.45, 7) is 4.30. The van der Waals surface area contributed by atoms with E-state index in [4.69, 9.17) is 4.98 Å². The van der Waals surface area contributed by atoms with Gasteiger partial charge in [0.05, 0.1) is 0 Å². The largest absolute Gasteiger partial charge is 0.280 e. The number of benzene rings is 1. The number of rotatable bonds is 2. The van der Waals surface area contributed by atoms with Crippen molar-refractivity contribution in [1.29, 1.82) is 0 Å². The van der Waals surface area contributed by atoms with Crippen LogP contribution >= 0.6 is 15.9 Å². The van der Waals surface area contributed by atoms with Crippen LogP contribution in [0, 0.1) is 0 Å². The zero-order chi connectivity index (χ0) is 13.4. The van der Waals surface area contributed by atoms with Gasteiger partial charge in [-0.2, -0.15) is 0 Å². The van der Waals surface area contributed by atoms with E-state index in [1.54, 1.807) is 0 Å². The minimum absolute atomic E-state index is 0.341. The van der Waals surface area contributed by atoms with Crippen LogP contribution in [0.4, 0.5) is 0 Å². The highest BCUT2D eigenvalue weighted by Gasteiger charge is 2.15. The molecule has 0 radical (unpaired) electrons. The standard InChI is InChI=1S/C15H14BrN3/c1-10(2)14-18-13-7-4-8-17-15(13)19(14)12-6-3-5-11(16)9-12/h3-10H,1-2H3. The van der Waals surface area contributed by atoms with Gasteiger partial charge in [0, 0.05) is 22.3 Å². The van der Waals surface area contributed by atoms with E-state index in [1.165, 1.54) is 0 Å². The van der Waals surface area contributed by atoms with E-state index < -0.39 is 0 Å². The van der Waals surface area contributed by atoms with E-state index in [-0.39, 0.29) is 0 Å². The highest BCUT2D eigenvalue weighted by atomic mass is 79.9. The van der Waals surface area contributed by atoms with Gasteiger partial charge in [0.25, 0.3) is 0 Å². The molecule has 3 aromatic rings. The average molecular weight is 316 g/mol. The van der Waals surface area contributed by atoms with E-state index in [9.17, 15) is 0 Å². The summed E-state index contributed by atoms with van der Waals surface area (Å²) in [7, 11) is 0. The monoisotopic (exact) mass is 315 g/mol. The molecule has 0 aliphatic rings. The van der Waals surface area contributed by atoms with E-state index in [0.29, 0.717) is 5.92 Å². The Kier molecular flexibility index (Phi) is 3.11. The number of hydrogen-bond donors (Lipinski definition) is 0. The van der Waals surface area contributed by atoms with Crippen molar-refractivity contribution in [2.75, 3.05) is 0 Å². The lowest BCUT2D eigenvalue weighted by Gasteiger charge is -2.11. The van der Waals surface area contributed by atoms with Gasteiger partial charge in [-0.1, -0.05) is 35.8 Å². The molecule has 0 bridgehead atoms. The molecule has 3 nitrogen and oxygen atoms in total. The zero-order valence-corrected chi connectivity index (χ0v) is 12.4. The fraction of sp³-hybridized carbons (Fsp3) is 0.200. The second-order valence-corrected chi connectivity index (χ2v) is 5.70. The van der Waals surface area contributed by atoms with Crippen LogP contribution in [0.15, 0.2) is 47.1 Å². The van der Waals surface area contributed by atoms with Gasteiger partial charge in [0.1, 0.15) is 11.3 Å². The molecule has 2 aromatic heterocycles. The number of pyridine rings is 1. The maximum atomic E-state index is 4.70. The summed E-state index contributed by atoms with van der Waals surface area (Å²) in [5.41, 5.74) is 2.93. The van der Waals surface area contributed by atoms with E-state index in [2.05, 4.69) is 51.5 Å². The molecule has 0 unspecified atom stereocenters. The van der Waals surface area contributed by atoms with Gasteiger partial charge in [0.2, 0.25) is 0 Å². The van der Waals surface area contributed by atoms with Gasteiger partial charge in [-0.3, -0.25) is 4.57 Å². The second-order valence-electron chi connectivity index (χ2n) is 4.79. The topological polar surface area (TPSA) is 30.7 Å². The molecule has 0 fully saturated rings. The molecule has 96 valence electrons. The Morgan fingerprint density at radius 3 is 2.74 bits per heavy atom. The van der Waals surface area contributed by atoms with E-state index in [1.807, 2.05) is 30.5 Å². The van der Waals surface area contributed by atoms with Crippen molar-refractivity contribution < 1.29 is 0 Å². The predicted molar refractivity (Wildman–Crippen MR) is 80.7 cm³/mol. The van der Waals surface area contributed by atoms with Crippen molar-refractivity contribution in [3.63, 3.8) is 0 Å². The number of nitrogens with zero attached hydrogens (tertiary/aromatic N) is 3. The molecule has 0 N–H and O–H groups in total. The molecule has 2 heterocycles. The van der Waals surface area contributed by atoms with Crippen LogP contribution in [0.2, 0.25) is 0 Å². The third kappa shape index (κ3) is 2.16. The van der Waals surface area contributed by atoms with Crippen LogP contribution in [-0.2, 0) is 0 Å². The molecule has 4 heteroatoms. The Balaban J connectivity index is 2.34. The summed E-state index contributed by atoms with van der Waals surface area (Å²) in [6, 6.07) is 12.1. The fourth-order valence-electron chi connectivity index (χ4n) is 2.19. The van der Waals surface area contributed by atoms with Gasteiger partial charge >= 0.3 is 0 Å². The van der Waals surface area contributed by atoms with Crippen LogP contribution in [0.3, 0.4) is 0 Å². The average Bonchev–Trinajstić information content (AvgIpc) is 2.78. The van der Waals surface area contributed by atoms with E-state index >= 15 is 0 Å². The molecular weight excluding hydrogens is 302 g/mol. The van der Waals surface area contributed by atoms with Crippen LogP contribution in [0.25, 0.3) is 16.9 Å². The van der Waals surface area contributed by atoms with Gasteiger partial charge in [-0.25, -0.2) is 9.97 Å². The summed E-state index contributed by atoms with van der Waals surface area (Å²) in [4.78, 5) is 9.18. The fourth-order valence-corrected chi connectivity index (χ4v) is 2.57. The van der Waals surface area contributed by atoms with Crippen molar-refractivity contribution in [3.8, 4) is 5.69 Å². The second kappa shape index (κ2) is 4.78. The predicted octanol–water partition coefficient (Wildman–Crippen LogP) is 4.31. The van der Waals surface area contributed by atoms with Gasteiger partial charge in [-0.15, -0.1) is 0 Å². The Hall–Kier alpha value is -1.68. The van der Waals surface area contributed by atoms with Crippen molar-refractivity contribution in [1.82, 2.24) is 14.5 Å². The van der Waals surface area contributed by atoms with Gasteiger partial charge in [0.15, 0.2) is 5.65 Å². The lowest BCUT2D eigenvalue weighted by molar-refractivity contribution is 0.757. The first-order valence-corrected chi connectivity index (χ1v) is 7.05. The molecule has 1 aromatic carbocycles. The smallest absolute Gasteiger partial charge is 0.164 e. The number of hydrogen-bond acceptors (Lipinski definition) is 2. The summed E-state index contributed by atoms with van der Waals surface area (Å²) >= 11 is 3.52. The Morgan fingerprint density at radius 2 is 2.00 bits per heavy atom. The van der Waals surface area contributed by atoms with Crippen LogP contribution in [-0.4, -0.2) is 14.5 Å². The Morgan fingerprint density at radius 1 is 1.16 bits per heavy atom. The lowest BCUT2D eigenvalue weighted by atomic mass is 10.2. The van der Waals surface area contributed by atoms with Crippen molar-refractivity contribution in [2.24, 2.45) is 0 Å². The number of imidazole rings is 1. The third-order valence-electron chi connectivity index (χ3n) is 3.02. The number of fused-ring (bicyclic) bond motifs is 1. The molecule has 19 heavy (non-hydrogen) atoms. The minimum Gasteiger partial charge on any atom is -0.280 e. The number of halogens is 1. The molecule has 0 amide bonds. The first-order chi connectivity index (χ1) is 9.16. The molecule has 0 saturated carbocycles. The van der Waals surface area contributed by atoms with Crippen LogP contribution in [0.5, 0.6) is 0 Å². The molecule has 0 atom stereocenters. The first kappa shape index (κ1) is 12.4. The molecule has 0 aliphatic heterocycles. The summed E-state index contributed by atoms with van der Waals surface area (Å²) in [6.07, 6.45) is 1.81. The molecular formula is C15H14BrN3. The number of aromatic nitrogens is 3. The van der Waals surface area contributed by atoms with Crippen molar-refractivity contribution in [2.45, 2.75) is 19.8 Å². The van der Waals surface area contributed by atoms with Crippen LogP contribution in [0.1, 0.15) is 25.6 Å². The summed E-state index contributed by atoms with van der Waals surface area (Å²) in [5.74, 6) is 1.37. The first-order valence-electron chi connectivity index (χ1n) is 6.26. The lowest BCUT2D eigenvalue weighted by Crippen LogP contribution is -2.03. The normalized spacial score (nSPS) is 11.4. The van der Waals surface area contributed by atoms with E-state index in [0.717, 1.165) is 27.1 Å². The Bertz CT molecular complexity index is 731.